The van der Waals surface area contributed by atoms with E-state index in [4.69, 9.17) is 4.74 Å². The molecule has 0 amide bonds. The number of rotatable bonds is 1. The molecule has 0 aliphatic heterocycles. The highest BCUT2D eigenvalue weighted by Crippen LogP contribution is 2.59. The lowest BCUT2D eigenvalue weighted by Crippen LogP contribution is -2.54. The van der Waals surface area contributed by atoms with Crippen LogP contribution in [0.5, 0.6) is 0 Å². The predicted octanol–water partition coefficient (Wildman–Crippen LogP) is 2.95. The molecule has 18 heavy (non-hydrogen) atoms. The SMILES string of the molecule is CO[C@]12CCC[C@H]3C#CC[C@@H](C)[C@@]1(CCC2)C3=O. The van der Waals surface area contributed by atoms with E-state index in [0.29, 0.717) is 11.7 Å². The monoisotopic (exact) mass is 246 g/mol. The molecule has 3 aliphatic carbocycles. The van der Waals surface area contributed by atoms with Gasteiger partial charge in [0.1, 0.15) is 0 Å². The van der Waals surface area contributed by atoms with E-state index in [1.54, 1.807) is 7.11 Å². The highest BCUT2D eigenvalue weighted by Gasteiger charge is 2.63. The number of hydrogen-bond acceptors (Lipinski definition) is 2. The van der Waals surface area contributed by atoms with E-state index in [1.165, 1.54) is 0 Å². The van der Waals surface area contributed by atoms with E-state index in [9.17, 15) is 4.79 Å². The first-order valence-electron chi connectivity index (χ1n) is 7.24. The normalized spacial score (nSPS) is 46.7. The van der Waals surface area contributed by atoms with Crippen LogP contribution in [0.1, 0.15) is 51.9 Å². The third-order valence-corrected chi connectivity index (χ3v) is 5.71. The standard InChI is InChI=1S/C16H22O2/c1-12-6-3-7-13-8-4-9-15(18-2)10-5-11-16(12,15)14(13)17/h12-13H,4-6,8-11H2,1-2H3/t12-,13-,15+,16+/m1/s1. The number of hydrogen-bond donors (Lipinski definition) is 0. The largest absolute Gasteiger partial charge is 0.377 e. The van der Waals surface area contributed by atoms with Crippen LogP contribution in [0.3, 0.4) is 0 Å². The topological polar surface area (TPSA) is 26.3 Å². The molecule has 0 aromatic carbocycles. The highest BCUT2D eigenvalue weighted by molar-refractivity contribution is 5.92. The molecule has 0 heterocycles. The summed E-state index contributed by atoms with van der Waals surface area (Å²) in [6.45, 7) is 2.21. The van der Waals surface area contributed by atoms with E-state index in [0.717, 1.165) is 44.9 Å². The van der Waals surface area contributed by atoms with Crippen molar-refractivity contribution in [1.29, 1.82) is 0 Å². The molecule has 1 spiro atoms. The van der Waals surface area contributed by atoms with Crippen LogP contribution in [0.2, 0.25) is 0 Å². The average molecular weight is 246 g/mol. The zero-order chi connectivity index (χ0) is 12.8. The Balaban J connectivity index is 2.16. The fraction of sp³-hybridized carbons (Fsp3) is 0.812. The maximum atomic E-state index is 13.0. The van der Waals surface area contributed by atoms with Crippen molar-refractivity contribution in [3.05, 3.63) is 0 Å². The van der Waals surface area contributed by atoms with Crippen LogP contribution in [-0.2, 0) is 9.53 Å². The summed E-state index contributed by atoms with van der Waals surface area (Å²) in [6, 6.07) is 0. The van der Waals surface area contributed by atoms with E-state index < -0.39 is 0 Å². The van der Waals surface area contributed by atoms with Crippen LogP contribution in [0.25, 0.3) is 0 Å². The highest BCUT2D eigenvalue weighted by atomic mass is 16.5. The minimum absolute atomic E-state index is 0.0231. The number of Topliss-reactive ketones (excluding diaryl/α,β-unsaturated/α-hetero) is 1. The van der Waals surface area contributed by atoms with Gasteiger partial charge < -0.3 is 4.74 Å². The molecule has 0 aromatic rings. The van der Waals surface area contributed by atoms with Gasteiger partial charge >= 0.3 is 0 Å². The van der Waals surface area contributed by atoms with E-state index >= 15 is 0 Å². The van der Waals surface area contributed by atoms with Gasteiger partial charge in [0.25, 0.3) is 0 Å². The summed E-state index contributed by atoms with van der Waals surface area (Å²) in [4.78, 5) is 13.0. The van der Waals surface area contributed by atoms with Crippen LogP contribution >= 0.6 is 0 Å². The van der Waals surface area contributed by atoms with Crippen LogP contribution in [-0.4, -0.2) is 18.5 Å². The van der Waals surface area contributed by atoms with Crippen LogP contribution < -0.4 is 0 Å². The third-order valence-electron chi connectivity index (χ3n) is 5.71. The molecular formula is C16H22O2. The second-order valence-electron chi connectivity index (χ2n) is 6.26. The summed E-state index contributed by atoms with van der Waals surface area (Å²) in [6.07, 6.45) is 7.08. The van der Waals surface area contributed by atoms with Gasteiger partial charge in [-0.25, -0.2) is 0 Å². The molecule has 98 valence electrons. The molecule has 4 atom stereocenters. The molecule has 3 rings (SSSR count). The average Bonchev–Trinajstić information content (AvgIpc) is 2.66. The summed E-state index contributed by atoms with van der Waals surface area (Å²) < 4.78 is 5.98. The van der Waals surface area contributed by atoms with Crippen molar-refractivity contribution < 1.29 is 9.53 Å². The zero-order valence-corrected chi connectivity index (χ0v) is 11.4. The van der Waals surface area contributed by atoms with Crippen LogP contribution in [0.15, 0.2) is 0 Å². The first kappa shape index (κ1) is 12.2. The Labute approximate surface area is 109 Å². The van der Waals surface area contributed by atoms with Gasteiger partial charge in [-0.05, 0) is 44.4 Å². The van der Waals surface area contributed by atoms with Gasteiger partial charge in [0.15, 0.2) is 5.78 Å². The number of carbonyl (C=O) groups is 1. The van der Waals surface area contributed by atoms with Crippen molar-refractivity contribution in [1.82, 2.24) is 0 Å². The van der Waals surface area contributed by atoms with Crippen molar-refractivity contribution in [2.75, 3.05) is 7.11 Å². The Hall–Kier alpha value is -0.810. The van der Waals surface area contributed by atoms with Crippen molar-refractivity contribution in [3.8, 4) is 11.8 Å². The minimum Gasteiger partial charge on any atom is -0.377 e. The Kier molecular flexibility index (Phi) is 2.79. The molecule has 0 N–H and O–H groups in total. The van der Waals surface area contributed by atoms with Gasteiger partial charge in [-0.3, -0.25) is 4.79 Å². The molecule has 2 nitrogen and oxygen atoms in total. The summed E-state index contributed by atoms with van der Waals surface area (Å²) in [7, 11) is 1.80. The first-order chi connectivity index (χ1) is 8.66. The molecular weight excluding hydrogens is 224 g/mol. The molecule has 2 bridgehead atoms. The van der Waals surface area contributed by atoms with Crippen molar-refractivity contribution in [3.63, 3.8) is 0 Å². The Morgan fingerprint density at radius 2 is 2.06 bits per heavy atom. The molecule has 0 unspecified atom stereocenters. The lowest BCUT2D eigenvalue weighted by molar-refractivity contribution is -0.158. The molecule has 3 aliphatic rings. The van der Waals surface area contributed by atoms with Gasteiger partial charge in [-0.2, -0.15) is 0 Å². The maximum Gasteiger partial charge on any atom is 0.157 e. The Morgan fingerprint density at radius 1 is 1.28 bits per heavy atom. The summed E-state index contributed by atoms with van der Waals surface area (Å²) >= 11 is 0. The van der Waals surface area contributed by atoms with E-state index in [2.05, 4.69) is 18.8 Å². The van der Waals surface area contributed by atoms with Crippen molar-refractivity contribution in [2.45, 2.75) is 57.5 Å². The fourth-order valence-corrected chi connectivity index (χ4v) is 4.80. The minimum atomic E-state index is -0.264. The zero-order valence-electron chi connectivity index (χ0n) is 11.4. The Morgan fingerprint density at radius 3 is 2.83 bits per heavy atom. The third kappa shape index (κ3) is 1.32. The molecule has 0 radical (unpaired) electrons. The van der Waals surface area contributed by atoms with Gasteiger partial charge in [0.05, 0.1) is 16.9 Å². The van der Waals surface area contributed by atoms with Gasteiger partial charge in [0, 0.05) is 13.5 Å². The predicted molar refractivity (Wildman–Crippen MR) is 69.9 cm³/mol. The van der Waals surface area contributed by atoms with Crippen molar-refractivity contribution in [2.24, 2.45) is 17.3 Å². The number of ketones is 1. The number of methoxy groups -OCH3 is 1. The first-order valence-corrected chi connectivity index (χ1v) is 7.24. The summed E-state index contributed by atoms with van der Waals surface area (Å²) in [5.41, 5.74) is -0.467. The van der Waals surface area contributed by atoms with Crippen LogP contribution in [0.4, 0.5) is 0 Å². The smallest absolute Gasteiger partial charge is 0.157 e. The molecule has 2 saturated carbocycles. The number of carbonyl (C=O) groups excluding carboxylic acids is 1. The van der Waals surface area contributed by atoms with E-state index in [1.807, 2.05) is 0 Å². The maximum absolute atomic E-state index is 13.0. The fourth-order valence-electron chi connectivity index (χ4n) is 4.80. The second kappa shape index (κ2) is 4.10. The Bertz CT molecular complexity index is 430. The summed E-state index contributed by atoms with van der Waals surface area (Å²) in [5.74, 6) is 7.19. The lowest BCUT2D eigenvalue weighted by atomic mass is 9.61. The van der Waals surface area contributed by atoms with Gasteiger partial charge in [-0.15, -0.1) is 5.92 Å². The lowest BCUT2D eigenvalue weighted by Gasteiger charge is -2.46. The number of fused-ring (bicyclic) bond motifs is 1. The van der Waals surface area contributed by atoms with Crippen molar-refractivity contribution >= 4 is 5.78 Å². The van der Waals surface area contributed by atoms with E-state index in [-0.39, 0.29) is 16.9 Å². The van der Waals surface area contributed by atoms with Gasteiger partial charge in [0.2, 0.25) is 0 Å². The van der Waals surface area contributed by atoms with Gasteiger partial charge in [-0.1, -0.05) is 12.8 Å². The quantitative estimate of drug-likeness (QED) is 0.665. The summed E-state index contributed by atoms with van der Waals surface area (Å²) in [5, 5.41) is 0. The second-order valence-corrected chi connectivity index (χ2v) is 6.26. The molecule has 0 saturated heterocycles. The number of ether oxygens (including phenoxy) is 1. The molecule has 2 fully saturated rings. The molecule has 0 aromatic heterocycles. The molecule has 2 heteroatoms. The van der Waals surface area contributed by atoms with Crippen LogP contribution in [0, 0.1) is 29.1 Å².